The van der Waals surface area contributed by atoms with Crippen LogP contribution in [0, 0.1) is 0 Å². The van der Waals surface area contributed by atoms with E-state index in [0.717, 1.165) is 12.2 Å². The Hall–Kier alpha value is -1.22. The number of benzene rings is 1. The van der Waals surface area contributed by atoms with Crippen LogP contribution in [-0.4, -0.2) is 26.7 Å². The third-order valence-electron chi connectivity index (χ3n) is 3.44. The molecule has 1 aromatic carbocycles. The second-order valence-electron chi connectivity index (χ2n) is 4.69. The minimum absolute atomic E-state index is 0.421. The van der Waals surface area contributed by atoms with Gasteiger partial charge in [0.15, 0.2) is 0 Å². The van der Waals surface area contributed by atoms with Gasteiger partial charge in [-0.05, 0) is 30.7 Å². The predicted molar refractivity (Wildman–Crippen MR) is 78.4 cm³/mol. The summed E-state index contributed by atoms with van der Waals surface area (Å²) in [4.78, 5) is 2.27. The summed E-state index contributed by atoms with van der Waals surface area (Å²) in [5.41, 5.74) is 7.08. The minimum Gasteiger partial charge on any atom is -0.497 e. The van der Waals surface area contributed by atoms with E-state index in [2.05, 4.69) is 31.0 Å². The van der Waals surface area contributed by atoms with Crippen LogP contribution in [-0.2, 0) is 0 Å². The van der Waals surface area contributed by atoms with Crippen molar-refractivity contribution in [3.05, 3.63) is 24.3 Å². The number of nitrogens with two attached hydrogens (primary N) is 1. The SMILES string of the molecule is CCCCCC(CN)N(C)c1ccc(OC)cc1. The fraction of sp³-hybridized carbons (Fsp3) is 0.600. The van der Waals surface area contributed by atoms with Crippen LogP contribution in [0.2, 0.25) is 0 Å². The van der Waals surface area contributed by atoms with Crippen LogP contribution < -0.4 is 15.4 Å². The lowest BCUT2D eigenvalue weighted by Crippen LogP contribution is -2.37. The van der Waals surface area contributed by atoms with E-state index in [1.54, 1.807) is 7.11 Å². The van der Waals surface area contributed by atoms with Crippen molar-refractivity contribution < 1.29 is 4.74 Å². The molecule has 1 unspecified atom stereocenters. The first kappa shape index (κ1) is 14.8. The summed E-state index contributed by atoms with van der Waals surface area (Å²) >= 11 is 0. The number of unbranched alkanes of at least 4 members (excludes halogenated alkanes) is 2. The van der Waals surface area contributed by atoms with Gasteiger partial charge < -0.3 is 15.4 Å². The van der Waals surface area contributed by atoms with Gasteiger partial charge in [-0.1, -0.05) is 26.2 Å². The Morgan fingerprint density at radius 3 is 2.39 bits per heavy atom. The normalized spacial score (nSPS) is 12.2. The van der Waals surface area contributed by atoms with E-state index >= 15 is 0 Å². The summed E-state index contributed by atoms with van der Waals surface area (Å²) in [7, 11) is 3.80. The Morgan fingerprint density at radius 1 is 1.22 bits per heavy atom. The number of rotatable bonds is 8. The quantitative estimate of drug-likeness (QED) is 0.721. The lowest BCUT2D eigenvalue weighted by Gasteiger charge is -2.29. The van der Waals surface area contributed by atoms with Crippen molar-refractivity contribution in [1.82, 2.24) is 0 Å². The number of hydrogen-bond acceptors (Lipinski definition) is 3. The molecule has 0 aliphatic rings. The number of methoxy groups -OCH3 is 1. The smallest absolute Gasteiger partial charge is 0.119 e. The topological polar surface area (TPSA) is 38.5 Å². The van der Waals surface area contributed by atoms with Crippen LogP contribution in [0.5, 0.6) is 5.75 Å². The van der Waals surface area contributed by atoms with Crippen molar-refractivity contribution in [2.75, 3.05) is 25.6 Å². The molecule has 0 spiro atoms. The highest BCUT2D eigenvalue weighted by molar-refractivity contribution is 5.49. The first-order valence-electron chi connectivity index (χ1n) is 6.79. The van der Waals surface area contributed by atoms with Crippen molar-refractivity contribution in [2.45, 2.75) is 38.6 Å². The van der Waals surface area contributed by atoms with Crippen LogP contribution in [0.3, 0.4) is 0 Å². The fourth-order valence-corrected chi connectivity index (χ4v) is 2.13. The molecule has 3 nitrogen and oxygen atoms in total. The standard InChI is InChI=1S/C15H26N2O/c1-4-5-6-7-14(12-16)17(2)13-8-10-15(18-3)11-9-13/h8-11,14H,4-7,12,16H2,1-3H3. The van der Waals surface area contributed by atoms with Crippen LogP contribution in [0.4, 0.5) is 5.69 Å². The number of nitrogens with zero attached hydrogens (tertiary/aromatic N) is 1. The van der Waals surface area contributed by atoms with Gasteiger partial charge in [0.2, 0.25) is 0 Å². The Labute approximate surface area is 111 Å². The first-order valence-corrected chi connectivity index (χ1v) is 6.79. The van der Waals surface area contributed by atoms with Crippen molar-refractivity contribution >= 4 is 5.69 Å². The molecular formula is C15H26N2O. The molecule has 1 atom stereocenters. The molecule has 1 rings (SSSR count). The van der Waals surface area contributed by atoms with E-state index in [1.165, 1.54) is 24.9 Å². The predicted octanol–water partition coefficient (Wildman–Crippen LogP) is 3.04. The Bertz CT molecular complexity index is 324. The van der Waals surface area contributed by atoms with Gasteiger partial charge in [-0.2, -0.15) is 0 Å². The van der Waals surface area contributed by atoms with Crippen molar-refractivity contribution in [1.29, 1.82) is 0 Å². The molecule has 3 heteroatoms. The molecule has 1 aromatic rings. The monoisotopic (exact) mass is 250 g/mol. The average molecular weight is 250 g/mol. The number of anilines is 1. The number of ether oxygens (including phenoxy) is 1. The van der Waals surface area contributed by atoms with Gasteiger partial charge in [0.25, 0.3) is 0 Å². The zero-order valence-corrected chi connectivity index (χ0v) is 11.9. The van der Waals surface area contributed by atoms with E-state index in [0.29, 0.717) is 12.6 Å². The van der Waals surface area contributed by atoms with Gasteiger partial charge in [-0.15, -0.1) is 0 Å². The highest BCUT2D eigenvalue weighted by Crippen LogP contribution is 2.21. The van der Waals surface area contributed by atoms with Crippen molar-refractivity contribution in [3.8, 4) is 5.75 Å². The molecule has 0 amide bonds. The van der Waals surface area contributed by atoms with Gasteiger partial charge in [-0.3, -0.25) is 0 Å². The van der Waals surface area contributed by atoms with Crippen LogP contribution in [0.15, 0.2) is 24.3 Å². The van der Waals surface area contributed by atoms with Crippen LogP contribution >= 0.6 is 0 Å². The van der Waals surface area contributed by atoms with Gasteiger partial charge in [0, 0.05) is 25.3 Å². The number of likely N-dealkylation sites (N-methyl/N-ethyl adjacent to an activating group) is 1. The largest absolute Gasteiger partial charge is 0.497 e. The highest BCUT2D eigenvalue weighted by Gasteiger charge is 2.13. The third-order valence-corrected chi connectivity index (χ3v) is 3.44. The van der Waals surface area contributed by atoms with Crippen LogP contribution in [0.25, 0.3) is 0 Å². The summed E-state index contributed by atoms with van der Waals surface area (Å²) < 4.78 is 5.17. The third kappa shape index (κ3) is 4.22. The molecular weight excluding hydrogens is 224 g/mol. The molecule has 0 bridgehead atoms. The Kier molecular flexibility index (Phi) is 6.58. The van der Waals surface area contributed by atoms with Crippen LogP contribution in [0.1, 0.15) is 32.6 Å². The van der Waals surface area contributed by atoms with E-state index in [4.69, 9.17) is 10.5 Å². The molecule has 2 N–H and O–H groups in total. The summed E-state index contributed by atoms with van der Waals surface area (Å²) in [5, 5.41) is 0. The molecule has 102 valence electrons. The molecule has 0 radical (unpaired) electrons. The Morgan fingerprint density at radius 2 is 1.89 bits per heavy atom. The van der Waals surface area contributed by atoms with Crippen molar-refractivity contribution in [3.63, 3.8) is 0 Å². The van der Waals surface area contributed by atoms with Gasteiger partial charge in [0.1, 0.15) is 5.75 Å². The van der Waals surface area contributed by atoms with E-state index < -0.39 is 0 Å². The zero-order valence-electron chi connectivity index (χ0n) is 11.9. The van der Waals surface area contributed by atoms with Gasteiger partial charge >= 0.3 is 0 Å². The average Bonchev–Trinajstić information content (AvgIpc) is 2.43. The van der Waals surface area contributed by atoms with Gasteiger partial charge in [-0.25, -0.2) is 0 Å². The maximum Gasteiger partial charge on any atom is 0.119 e. The molecule has 0 saturated heterocycles. The molecule has 0 saturated carbocycles. The maximum absolute atomic E-state index is 5.88. The second kappa shape index (κ2) is 7.98. The summed E-state index contributed by atoms with van der Waals surface area (Å²) in [6.07, 6.45) is 4.95. The summed E-state index contributed by atoms with van der Waals surface area (Å²) in [5.74, 6) is 0.891. The molecule has 0 aromatic heterocycles. The summed E-state index contributed by atoms with van der Waals surface area (Å²) in [6.45, 7) is 2.93. The molecule has 0 aliphatic carbocycles. The molecule has 18 heavy (non-hydrogen) atoms. The minimum atomic E-state index is 0.421. The second-order valence-corrected chi connectivity index (χ2v) is 4.69. The Balaban J connectivity index is 2.60. The molecule has 0 aliphatic heterocycles. The first-order chi connectivity index (χ1) is 8.72. The van der Waals surface area contributed by atoms with Gasteiger partial charge in [0.05, 0.1) is 7.11 Å². The zero-order chi connectivity index (χ0) is 13.4. The van der Waals surface area contributed by atoms with E-state index in [-0.39, 0.29) is 0 Å². The fourth-order valence-electron chi connectivity index (χ4n) is 2.13. The molecule has 0 heterocycles. The van der Waals surface area contributed by atoms with E-state index in [1.807, 2.05) is 12.1 Å². The lowest BCUT2D eigenvalue weighted by atomic mass is 10.1. The van der Waals surface area contributed by atoms with E-state index in [9.17, 15) is 0 Å². The lowest BCUT2D eigenvalue weighted by molar-refractivity contribution is 0.414. The molecule has 0 fully saturated rings. The maximum atomic E-state index is 5.88. The van der Waals surface area contributed by atoms with Crippen molar-refractivity contribution in [2.24, 2.45) is 5.73 Å². The highest BCUT2D eigenvalue weighted by atomic mass is 16.5. The summed E-state index contributed by atoms with van der Waals surface area (Å²) in [6, 6.07) is 8.57. The number of hydrogen-bond donors (Lipinski definition) is 1.